The number of phenolic OH excluding ortho intramolecular Hbond substituents is 1. The number of halogens is 1. The first kappa shape index (κ1) is 15.2. The lowest BCUT2D eigenvalue weighted by atomic mass is 10.1. The average Bonchev–Trinajstić information content (AvgIpc) is 2.90. The van der Waals surface area contributed by atoms with Gasteiger partial charge in [0.1, 0.15) is 17.0 Å². The largest absolute Gasteiger partial charge is 0.508 e. The van der Waals surface area contributed by atoms with E-state index in [0.717, 1.165) is 5.39 Å². The normalized spacial score (nSPS) is 10.7. The van der Waals surface area contributed by atoms with Crippen LogP contribution in [0.25, 0.3) is 10.9 Å². The van der Waals surface area contributed by atoms with E-state index in [1.165, 1.54) is 19.2 Å². The lowest BCUT2D eigenvalue weighted by molar-refractivity contribution is 0.0600. The topological polar surface area (TPSA) is 73.6 Å². The van der Waals surface area contributed by atoms with E-state index in [-0.39, 0.29) is 10.8 Å². The molecule has 7 heteroatoms. The third-order valence-electron chi connectivity index (χ3n) is 3.35. The summed E-state index contributed by atoms with van der Waals surface area (Å²) in [5.74, 6) is 0.332. The Morgan fingerprint density at radius 1 is 1.26 bits per heavy atom. The number of carbonyl (C=O) groups is 1. The quantitative estimate of drug-likeness (QED) is 0.743. The van der Waals surface area contributed by atoms with Gasteiger partial charge in [-0.15, -0.1) is 0 Å². The Hall–Kier alpha value is -2.73. The number of fused-ring (bicyclic) bond motifs is 1. The van der Waals surface area contributed by atoms with Gasteiger partial charge in [0.2, 0.25) is 0 Å². The first-order valence-corrected chi connectivity index (χ1v) is 7.08. The van der Waals surface area contributed by atoms with Gasteiger partial charge in [-0.1, -0.05) is 11.6 Å². The minimum Gasteiger partial charge on any atom is -0.508 e. The van der Waals surface area contributed by atoms with Crippen LogP contribution in [-0.2, 0) is 11.8 Å². The van der Waals surface area contributed by atoms with Gasteiger partial charge < -0.3 is 14.6 Å². The predicted molar refractivity (Wildman–Crippen MR) is 85.2 cm³/mol. The van der Waals surface area contributed by atoms with E-state index < -0.39 is 5.97 Å². The molecule has 0 spiro atoms. The average molecular weight is 333 g/mol. The zero-order valence-corrected chi connectivity index (χ0v) is 13.2. The highest BCUT2D eigenvalue weighted by molar-refractivity contribution is 6.32. The third-order valence-corrected chi connectivity index (χ3v) is 3.65. The summed E-state index contributed by atoms with van der Waals surface area (Å²) < 4.78 is 12.2. The molecule has 0 amide bonds. The first-order valence-electron chi connectivity index (χ1n) is 6.70. The van der Waals surface area contributed by atoms with E-state index in [1.54, 1.807) is 36.1 Å². The molecule has 23 heavy (non-hydrogen) atoms. The highest BCUT2D eigenvalue weighted by atomic mass is 35.5. The van der Waals surface area contributed by atoms with Crippen molar-refractivity contribution in [2.75, 3.05) is 7.11 Å². The molecule has 0 radical (unpaired) electrons. The SMILES string of the molecule is COC(=O)c1cc(Oc2ccc(O)cc2Cl)c2c(cnn2C)c1. The summed E-state index contributed by atoms with van der Waals surface area (Å²) in [5, 5.41) is 14.6. The zero-order chi connectivity index (χ0) is 16.6. The lowest BCUT2D eigenvalue weighted by Gasteiger charge is -2.11. The van der Waals surface area contributed by atoms with Crippen molar-refractivity contribution in [1.29, 1.82) is 0 Å². The van der Waals surface area contributed by atoms with Gasteiger partial charge in [-0.3, -0.25) is 4.68 Å². The molecule has 6 nitrogen and oxygen atoms in total. The number of nitrogens with zero attached hydrogens (tertiary/aromatic N) is 2. The maximum Gasteiger partial charge on any atom is 0.338 e. The fraction of sp³-hybridized carbons (Fsp3) is 0.125. The molecule has 0 unspecified atom stereocenters. The molecule has 0 bridgehead atoms. The number of benzene rings is 2. The van der Waals surface area contributed by atoms with E-state index in [1.807, 2.05) is 0 Å². The Labute approximate surface area is 136 Å². The molecular weight excluding hydrogens is 320 g/mol. The van der Waals surface area contributed by atoms with Crippen LogP contribution >= 0.6 is 11.6 Å². The highest BCUT2D eigenvalue weighted by Crippen LogP contribution is 2.36. The molecular formula is C16H13ClN2O4. The zero-order valence-electron chi connectivity index (χ0n) is 12.4. The van der Waals surface area contributed by atoms with Crippen LogP contribution in [0, 0.1) is 0 Å². The number of methoxy groups -OCH3 is 1. The minimum atomic E-state index is -0.475. The number of phenols is 1. The molecule has 3 rings (SSSR count). The Morgan fingerprint density at radius 3 is 2.74 bits per heavy atom. The van der Waals surface area contributed by atoms with Gasteiger partial charge in [0.05, 0.1) is 23.9 Å². The van der Waals surface area contributed by atoms with E-state index in [9.17, 15) is 9.90 Å². The molecule has 1 aromatic heterocycles. The first-order chi connectivity index (χ1) is 11.0. The number of aryl methyl sites for hydroxylation is 1. The number of hydrogen-bond acceptors (Lipinski definition) is 5. The van der Waals surface area contributed by atoms with E-state index in [2.05, 4.69) is 5.10 Å². The second-order valence-electron chi connectivity index (χ2n) is 4.89. The van der Waals surface area contributed by atoms with Crippen LogP contribution < -0.4 is 4.74 Å². The summed E-state index contributed by atoms with van der Waals surface area (Å²) in [6.07, 6.45) is 1.63. The van der Waals surface area contributed by atoms with Gasteiger partial charge in [-0.25, -0.2) is 4.79 Å². The number of ether oxygens (including phenoxy) is 2. The molecule has 0 saturated heterocycles. The molecule has 1 N–H and O–H groups in total. The summed E-state index contributed by atoms with van der Waals surface area (Å²) in [6.45, 7) is 0. The van der Waals surface area contributed by atoms with Gasteiger partial charge in [0, 0.05) is 18.5 Å². The second-order valence-corrected chi connectivity index (χ2v) is 5.30. The summed E-state index contributed by atoms with van der Waals surface area (Å²) in [7, 11) is 3.08. The van der Waals surface area contributed by atoms with Crippen LogP contribution in [0.15, 0.2) is 36.5 Å². The van der Waals surface area contributed by atoms with E-state index in [0.29, 0.717) is 22.6 Å². The van der Waals surface area contributed by atoms with Crippen LogP contribution in [0.4, 0.5) is 0 Å². The van der Waals surface area contributed by atoms with Crippen molar-refractivity contribution in [3.05, 3.63) is 47.1 Å². The maximum absolute atomic E-state index is 11.8. The molecule has 0 aliphatic carbocycles. The van der Waals surface area contributed by atoms with Gasteiger partial charge in [-0.2, -0.15) is 5.10 Å². The Balaban J connectivity index is 2.14. The molecule has 0 aliphatic heterocycles. The highest BCUT2D eigenvalue weighted by Gasteiger charge is 2.16. The van der Waals surface area contributed by atoms with Crippen LogP contribution in [0.5, 0.6) is 17.2 Å². The predicted octanol–water partition coefficient (Wildman–Crippen LogP) is 3.51. The molecule has 3 aromatic rings. The van der Waals surface area contributed by atoms with Crippen molar-refractivity contribution in [3.8, 4) is 17.2 Å². The Morgan fingerprint density at radius 2 is 2.04 bits per heavy atom. The van der Waals surface area contributed by atoms with Crippen LogP contribution in [0.2, 0.25) is 5.02 Å². The van der Waals surface area contributed by atoms with Gasteiger partial charge in [0.25, 0.3) is 0 Å². The molecule has 0 aliphatic rings. The fourth-order valence-electron chi connectivity index (χ4n) is 2.29. The third kappa shape index (κ3) is 2.80. The number of carbonyl (C=O) groups excluding carboxylic acids is 1. The molecule has 0 saturated carbocycles. The van der Waals surface area contributed by atoms with Gasteiger partial charge >= 0.3 is 5.97 Å². The van der Waals surface area contributed by atoms with Crippen molar-refractivity contribution in [2.24, 2.45) is 7.05 Å². The Kier molecular flexibility index (Phi) is 3.83. The van der Waals surface area contributed by atoms with Crippen molar-refractivity contribution in [3.63, 3.8) is 0 Å². The number of esters is 1. The standard InChI is InChI=1S/C16H13ClN2O4/c1-19-15-10(8-18-19)5-9(16(21)22-2)6-14(15)23-13-4-3-11(20)7-12(13)17/h3-8,20H,1-2H3. The number of aromatic hydroxyl groups is 1. The van der Waals surface area contributed by atoms with E-state index >= 15 is 0 Å². The minimum absolute atomic E-state index is 0.0383. The maximum atomic E-state index is 11.8. The molecule has 1 heterocycles. The molecule has 2 aromatic carbocycles. The lowest BCUT2D eigenvalue weighted by Crippen LogP contribution is -2.02. The smallest absolute Gasteiger partial charge is 0.338 e. The fourth-order valence-corrected chi connectivity index (χ4v) is 2.50. The van der Waals surface area contributed by atoms with Crippen molar-refractivity contribution >= 4 is 28.5 Å². The van der Waals surface area contributed by atoms with Crippen LogP contribution in [-0.4, -0.2) is 28.0 Å². The molecule has 118 valence electrons. The Bertz CT molecular complexity index is 904. The number of aromatic nitrogens is 2. The van der Waals surface area contributed by atoms with Crippen LogP contribution in [0.3, 0.4) is 0 Å². The summed E-state index contributed by atoms with van der Waals surface area (Å²) in [6, 6.07) is 7.64. The van der Waals surface area contributed by atoms with Crippen molar-refractivity contribution in [2.45, 2.75) is 0 Å². The van der Waals surface area contributed by atoms with Gasteiger partial charge in [-0.05, 0) is 24.3 Å². The van der Waals surface area contributed by atoms with Crippen molar-refractivity contribution in [1.82, 2.24) is 9.78 Å². The molecule has 0 atom stereocenters. The summed E-state index contributed by atoms with van der Waals surface area (Å²) in [5.41, 5.74) is 1.06. The monoisotopic (exact) mass is 332 g/mol. The number of hydrogen-bond donors (Lipinski definition) is 1. The second kappa shape index (κ2) is 5.81. The van der Waals surface area contributed by atoms with Crippen molar-refractivity contribution < 1.29 is 19.4 Å². The summed E-state index contributed by atoms with van der Waals surface area (Å²) in [4.78, 5) is 11.8. The number of rotatable bonds is 3. The van der Waals surface area contributed by atoms with E-state index in [4.69, 9.17) is 21.1 Å². The molecule has 0 fully saturated rings. The van der Waals surface area contributed by atoms with Gasteiger partial charge in [0.15, 0.2) is 5.75 Å². The van der Waals surface area contributed by atoms with Crippen LogP contribution in [0.1, 0.15) is 10.4 Å². The summed E-state index contributed by atoms with van der Waals surface area (Å²) >= 11 is 6.07.